The number of hydrogen-bond donors (Lipinski definition) is 3. The molecule has 0 heterocycles. The van der Waals surface area contributed by atoms with Crippen LogP contribution in [0.25, 0.3) is 0 Å². The zero-order chi connectivity index (χ0) is 11.6. The van der Waals surface area contributed by atoms with Crippen molar-refractivity contribution >= 4 is 0 Å². The summed E-state index contributed by atoms with van der Waals surface area (Å²) in [5.41, 5.74) is 5.28. The Bertz CT molecular complexity index is 371. The van der Waals surface area contributed by atoms with Gasteiger partial charge in [-0.05, 0) is 6.07 Å². The van der Waals surface area contributed by atoms with E-state index in [1.807, 2.05) is 0 Å². The van der Waals surface area contributed by atoms with Crippen LogP contribution >= 0.6 is 0 Å². The number of aliphatic hydroxyl groups is 1. The van der Waals surface area contributed by atoms with Crippen LogP contribution in [0.1, 0.15) is 11.6 Å². The van der Waals surface area contributed by atoms with Gasteiger partial charge >= 0.3 is 0 Å². The molecule has 0 saturated carbocycles. The van der Waals surface area contributed by atoms with E-state index in [9.17, 15) is 13.9 Å². The van der Waals surface area contributed by atoms with Gasteiger partial charge in [0.15, 0.2) is 11.5 Å². The molecule has 1 atom stereocenters. The first kappa shape index (κ1) is 11.7. The van der Waals surface area contributed by atoms with Crippen molar-refractivity contribution in [1.82, 2.24) is 0 Å². The molecule has 15 heavy (non-hydrogen) atoms. The first-order chi connectivity index (χ1) is 7.02. The summed E-state index contributed by atoms with van der Waals surface area (Å²) in [6, 6.07) is 0.0586. The van der Waals surface area contributed by atoms with Crippen LogP contribution in [0.5, 0.6) is 11.5 Å². The Hall–Kier alpha value is -1.40. The average molecular weight is 219 g/mol. The Morgan fingerprint density at radius 1 is 1.47 bits per heavy atom. The van der Waals surface area contributed by atoms with Crippen LogP contribution in [0.15, 0.2) is 6.07 Å². The summed E-state index contributed by atoms with van der Waals surface area (Å²) in [6.45, 7) is -0.498. The number of aliphatic hydroxyl groups excluding tert-OH is 1. The van der Waals surface area contributed by atoms with E-state index in [1.165, 1.54) is 0 Å². The maximum atomic E-state index is 13.1. The fourth-order valence-electron chi connectivity index (χ4n) is 1.14. The molecule has 1 aromatic rings. The lowest BCUT2D eigenvalue weighted by Gasteiger charge is -2.13. The van der Waals surface area contributed by atoms with Crippen LogP contribution < -0.4 is 10.5 Å². The SMILES string of the molecule is COc1cc([C@H](N)CO)c(O)c(F)c1F. The van der Waals surface area contributed by atoms with Crippen LogP contribution in [0.4, 0.5) is 8.78 Å². The van der Waals surface area contributed by atoms with Crippen LogP contribution in [0.3, 0.4) is 0 Å². The van der Waals surface area contributed by atoms with Gasteiger partial charge in [-0.15, -0.1) is 0 Å². The van der Waals surface area contributed by atoms with Crippen molar-refractivity contribution in [3.05, 3.63) is 23.3 Å². The Kier molecular flexibility index (Phi) is 3.43. The summed E-state index contributed by atoms with van der Waals surface area (Å²) in [7, 11) is 1.16. The lowest BCUT2D eigenvalue weighted by Crippen LogP contribution is -2.15. The molecular weight excluding hydrogens is 208 g/mol. The van der Waals surface area contributed by atoms with Gasteiger partial charge in [0, 0.05) is 5.56 Å². The van der Waals surface area contributed by atoms with E-state index in [0.717, 1.165) is 13.2 Å². The van der Waals surface area contributed by atoms with Crippen molar-refractivity contribution in [1.29, 1.82) is 0 Å². The predicted octanol–water partition coefficient (Wildman–Crippen LogP) is 0.671. The van der Waals surface area contributed by atoms with E-state index in [4.69, 9.17) is 10.8 Å². The number of hydrogen-bond acceptors (Lipinski definition) is 4. The van der Waals surface area contributed by atoms with Gasteiger partial charge in [-0.1, -0.05) is 0 Å². The standard InChI is InChI=1S/C9H11F2NO3/c1-15-6-2-4(5(12)3-13)9(14)8(11)7(6)10/h2,5,13-14H,3,12H2,1H3/t5-/m1/s1. The van der Waals surface area contributed by atoms with Crippen LogP contribution in [0, 0.1) is 11.6 Å². The summed E-state index contributed by atoms with van der Waals surface area (Å²) in [5.74, 6) is -4.00. The number of halogens is 2. The fraction of sp³-hybridized carbons (Fsp3) is 0.333. The molecule has 0 bridgehead atoms. The van der Waals surface area contributed by atoms with Gasteiger partial charge in [0.2, 0.25) is 11.6 Å². The molecule has 4 N–H and O–H groups in total. The zero-order valence-corrected chi connectivity index (χ0v) is 8.00. The molecule has 4 nitrogen and oxygen atoms in total. The van der Waals surface area contributed by atoms with Crippen molar-refractivity contribution in [3.8, 4) is 11.5 Å². The molecule has 1 aromatic carbocycles. The maximum Gasteiger partial charge on any atom is 0.204 e. The molecular formula is C9H11F2NO3. The summed E-state index contributed by atoms with van der Waals surface area (Å²) in [4.78, 5) is 0. The molecule has 0 aromatic heterocycles. The van der Waals surface area contributed by atoms with E-state index in [1.54, 1.807) is 0 Å². The molecule has 0 amide bonds. The van der Waals surface area contributed by atoms with Crippen molar-refractivity contribution < 1.29 is 23.7 Å². The third-order valence-corrected chi connectivity index (χ3v) is 1.99. The van der Waals surface area contributed by atoms with E-state index >= 15 is 0 Å². The third kappa shape index (κ3) is 2.00. The minimum Gasteiger partial charge on any atom is -0.505 e. The van der Waals surface area contributed by atoms with Crippen LogP contribution in [-0.2, 0) is 0 Å². The molecule has 1 rings (SSSR count). The Balaban J connectivity index is 3.35. The van der Waals surface area contributed by atoms with E-state index in [0.29, 0.717) is 0 Å². The Morgan fingerprint density at radius 3 is 2.53 bits per heavy atom. The Morgan fingerprint density at radius 2 is 2.07 bits per heavy atom. The molecule has 0 saturated heterocycles. The fourth-order valence-corrected chi connectivity index (χ4v) is 1.14. The lowest BCUT2D eigenvalue weighted by molar-refractivity contribution is 0.262. The molecule has 0 radical (unpaired) electrons. The molecule has 0 aliphatic heterocycles. The van der Waals surface area contributed by atoms with Crippen molar-refractivity contribution in [2.75, 3.05) is 13.7 Å². The van der Waals surface area contributed by atoms with Crippen LogP contribution in [-0.4, -0.2) is 23.9 Å². The number of methoxy groups -OCH3 is 1. The largest absolute Gasteiger partial charge is 0.505 e. The van der Waals surface area contributed by atoms with E-state index < -0.39 is 30.0 Å². The molecule has 0 aliphatic carbocycles. The minimum absolute atomic E-state index is 0.103. The smallest absolute Gasteiger partial charge is 0.204 e. The molecule has 0 spiro atoms. The quantitative estimate of drug-likeness (QED) is 0.698. The third-order valence-electron chi connectivity index (χ3n) is 1.99. The highest BCUT2D eigenvalue weighted by Gasteiger charge is 2.21. The molecule has 84 valence electrons. The maximum absolute atomic E-state index is 13.1. The number of phenolic OH excluding ortho intramolecular Hbond substituents is 1. The van der Waals surface area contributed by atoms with E-state index in [-0.39, 0.29) is 11.3 Å². The summed E-state index contributed by atoms with van der Waals surface area (Å²) >= 11 is 0. The number of phenols is 1. The highest BCUT2D eigenvalue weighted by atomic mass is 19.2. The highest BCUT2D eigenvalue weighted by Crippen LogP contribution is 2.33. The summed E-state index contributed by atoms with van der Waals surface area (Å²) in [6.07, 6.45) is 0. The first-order valence-corrected chi connectivity index (χ1v) is 4.14. The summed E-state index contributed by atoms with van der Waals surface area (Å²) in [5, 5.41) is 18.0. The minimum atomic E-state index is -1.44. The molecule has 0 fully saturated rings. The van der Waals surface area contributed by atoms with Gasteiger partial charge < -0.3 is 20.7 Å². The van der Waals surface area contributed by atoms with Gasteiger partial charge in [0.25, 0.3) is 0 Å². The zero-order valence-electron chi connectivity index (χ0n) is 8.00. The van der Waals surface area contributed by atoms with Crippen molar-refractivity contribution in [2.45, 2.75) is 6.04 Å². The molecule has 6 heteroatoms. The van der Waals surface area contributed by atoms with Crippen LogP contribution in [0.2, 0.25) is 0 Å². The molecule has 0 unspecified atom stereocenters. The predicted molar refractivity (Wildman–Crippen MR) is 48.6 cm³/mol. The van der Waals surface area contributed by atoms with Crippen molar-refractivity contribution in [3.63, 3.8) is 0 Å². The highest BCUT2D eigenvalue weighted by molar-refractivity contribution is 5.43. The number of aromatic hydroxyl groups is 1. The van der Waals surface area contributed by atoms with Gasteiger partial charge in [-0.2, -0.15) is 8.78 Å². The second-order valence-electron chi connectivity index (χ2n) is 2.93. The lowest BCUT2D eigenvalue weighted by atomic mass is 10.1. The average Bonchev–Trinajstić information content (AvgIpc) is 2.25. The monoisotopic (exact) mass is 219 g/mol. The van der Waals surface area contributed by atoms with Gasteiger partial charge in [-0.3, -0.25) is 0 Å². The van der Waals surface area contributed by atoms with Crippen molar-refractivity contribution in [2.24, 2.45) is 5.73 Å². The normalized spacial score (nSPS) is 12.6. The van der Waals surface area contributed by atoms with Gasteiger partial charge in [0.05, 0.1) is 19.8 Å². The van der Waals surface area contributed by atoms with Gasteiger partial charge in [-0.25, -0.2) is 0 Å². The number of nitrogens with two attached hydrogens (primary N) is 1. The second kappa shape index (κ2) is 4.41. The number of rotatable bonds is 3. The second-order valence-corrected chi connectivity index (χ2v) is 2.93. The van der Waals surface area contributed by atoms with E-state index in [2.05, 4.69) is 4.74 Å². The summed E-state index contributed by atoms with van der Waals surface area (Å²) < 4.78 is 30.7. The molecule has 0 aliphatic rings. The number of benzene rings is 1. The topological polar surface area (TPSA) is 75.7 Å². The van der Waals surface area contributed by atoms with Gasteiger partial charge in [0.1, 0.15) is 0 Å². The Labute approximate surface area is 84.9 Å². The number of ether oxygens (including phenoxy) is 1. The first-order valence-electron chi connectivity index (χ1n) is 4.14.